The summed E-state index contributed by atoms with van der Waals surface area (Å²) < 4.78 is 31.1. The van der Waals surface area contributed by atoms with Gasteiger partial charge in [-0.15, -0.1) is 0 Å². The molecule has 1 aliphatic rings. The third kappa shape index (κ3) is 4.84. The molecule has 0 aromatic heterocycles. The minimum Gasteiger partial charge on any atom is -0.467 e. The Morgan fingerprint density at radius 2 is 1.96 bits per heavy atom. The molecular formula is C17H19F2NO4. The number of nitrogens with one attached hydrogen (secondary N) is 1. The molecule has 1 aromatic carbocycles. The maximum absolute atomic E-state index is 13.2. The molecule has 0 heterocycles. The van der Waals surface area contributed by atoms with E-state index in [1.165, 1.54) is 7.11 Å². The Bertz CT molecular complexity index is 627. The number of rotatable bonds is 5. The molecule has 7 heteroatoms. The quantitative estimate of drug-likeness (QED) is 0.832. The van der Waals surface area contributed by atoms with Gasteiger partial charge in [0.2, 0.25) is 5.91 Å². The highest BCUT2D eigenvalue weighted by Gasteiger charge is 2.34. The van der Waals surface area contributed by atoms with Gasteiger partial charge in [0.15, 0.2) is 0 Å². The van der Waals surface area contributed by atoms with Crippen LogP contribution in [0, 0.1) is 17.6 Å². The summed E-state index contributed by atoms with van der Waals surface area (Å²) in [5.41, 5.74) is 0.160. The van der Waals surface area contributed by atoms with Crippen molar-refractivity contribution < 1.29 is 27.9 Å². The Hall–Kier alpha value is -2.31. The summed E-state index contributed by atoms with van der Waals surface area (Å²) in [5.74, 6) is -3.03. The van der Waals surface area contributed by atoms with E-state index in [9.17, 15) is 23.2 Å². The lowest BCUT2D eigenvalue weighted by atomic mass is 9.83. The fraction of sp³-hybridized carbons (Fsp3) is 0.471. The molecule has 130 valence electrons. The first-order valence-electron chi connectivity index (χ1n) is 7.73. The number of ketones is 1. The number of carbonyl (C=O) groups excluding carboxylic acids is 3. The molecule has 1 aliphatic carbocycles. The van der Waals surface area contributed by atoms with Crippen LogP contribution < -0.4 is 5.32 Å². The molecule has 0 radical (unpaired) electrons. The van der Waals surface area contributed by atoms with Crippen LogP contribution >= 0.6 is 0 Å². The number of methoxy groups -OCH3 is 1. The monoisotopic (exact) mass is 339 g/mol. The Labute approximate surface area is 138 Å². The number of amides is 1. The molecule has 1 amide bonds. The molecule has 0 saturated heterocycles. The van der Waals surface area contributed by atoms with Crippen molar-refractivity contribution in [2.75, 3.05) is 7.11 Å². The number of hydrogen-bond donors (Lipinski definition) is 1. The minimum absolute atomic E-state index is 0.0432. The zero-order chi connectivity index (χ0) is 17.7. The van der Waals surface area contributed by atoms with Crippen LogP contribution in [-0.2, 0) is 25.5 Å². The van der Waals surface area contributed by atoms with Gasteiger partial charge in [-0.3, -0.25) is 9.59 Å². The molecule has 0 bridgehead atoms. The van der Waals surface area contributed by atoms with E-state index in [4.69, 9.17) is 4.74 Å². The van der Waals surface area contributed by atoms with E-state index in [-0.39, 0.29) is 30.1 Å². The van der Waals surface area contributed by atoms with Gasteiger partial charge in [0.1, 0.15) is 23.5 Å². The maximum Gasteiger partial charge on any atom is 0.328 e. The van der Waals surface area contributed by atoms with Gasteiger partial charge in [0.05, 0.1) is 13.5 Å². The molecule has 0 spiro atoms. The number of Topliss-reactive ketones (excluding diaryl/α,β-unsaturated/α-hetero) is 1. The highest BCUT2D eigenvalue weighted by molar-refractivity contribution is 5.87. The van der Waals surface area contributed by atoms with Crippen LogP contribution in [0.3, 0.4) is 0 Å². The largest absolute Gasteiger partial charge is 0.467 e. The molecule has 24 heavy (non-hydrogen) atoms. The molecule has 0 unspecified atom stereocenters. The minimum atomic E-state index is -0.940. The second-order valence-corrected chi connectivity index (χ2v) is 5.92. The van der Waals surface area contributed by atoms with Gasteiger partial charge in [-0.1, -0.05) is 0 Å². The zero-order valence-electron chi connectivity index (χ0n) is 13.3. The Balaban J connectivity index is 2.06. The number of benzene rings is 1. The van der Waals surface area contributed by atoms with Crippen LogP contribution in [0.5, 0.6) is 0 Å². The standard InChI is InChI=1S/C17H19F2NO4/c1-24-17(23)16(11-3-2-4-14(21)8-11)20-15(22)7-10-5-12(18)9-13(19)6-10/h5-6,9,11,16H,2-4,7-8H2,1H3,(H,20,22)/t11-,16-/m0/s1. The molecule has 1 aromatic rings. The molecule has 1 fully saturated rings. The van der Waals surface area contributed by atoms with Crippen molar-refractivity contribution in [2.45, 2.75) is 38.1 Å². The van der Waals surface area contributed by atoms with Gasteiger partial charge >= 0.3 is 5.97 Å². The van der Waals surface area contributed by atoms with Crippen molar-refractivity contribution in [1.82, 2.24) is 5.32 Å². The lowest BCUT2D eigenvalue weighted by molar-refractivity contribution is -0.147. The van der Waals surface area contributed by atoms with E-state index in [1.54, 1.807) is 0 Å². The van der Waals surface area contributed by atoms with E-state index in [0.29, 0.717) is 25.3 Å². The maximum atomic E-state index is 13.2. The van der Waals surface area contributed by atoms with E-state index in [1.807, 2.05) is 0 Å². The molecule has 1 N–H and O–H groups in total. The van der Waals surface area contributed by atoms with Crippen molar-refractivity contribution in [3.63, 3.8) is 0 Å². The first kappa shape index (κ1) is 18.0. The van der Waals surface area contributed by atoms with Crippen LogP contribution in [0.4, 0.5) is 8.78 Å². The van der Waals surface area contributed by atoms with Crippen LogP contribution in [-0.4, -0.2) is 30.8 Å². The first-order valence-corrected chi connectivity index (χ1v) is 7.73. The second-order valence-electron chi connectivity index (χ2n) is 5.92. The third-order valence-electron chi connectivity index (χ3n) is 4.05. The van der Waals surface area contributed by atoms with Crippen LogP contribution in [0.25, 0.3) is 0 Å². The van der Waals surface area contributed by atoms with Crippen molar-refractivity contribution in [3.05, 3.63) is 35.4 Å². The van der Waals surface area contributed by atoms with Crippen LogP contribution in [0.15, 0.2) is 18.2 Å². The van der Waals surface area contributed by atoms with Gasteiger partial charge < -0.3 is 10.1 Å². The fourth-order valence-corrected chi connectivity index (χ4v) is 2.96. The molecular weight excluding hydrogens is 320 g/mol. The van der Waals surface area contributed by atoms with Crippen LogP contribution in [0.1, 0.15) is 31.2 Å². The first-order chi connectivity index (χ1) is 11.4. The number of carbonyl (C=O) groups is 3. The van der Waals surface area contributed by atoms with Crippen LogP contribution in [0.2, 0.25) is 0 Å². The highest BCUT2D eigenvalue weighted by Crippen LogP contribution is 2.25. The lowest BCUT2D eigenvalue weighted by Gasteiger charge is -2.28. The summed E-state index contributed by atoms with van der Waals surface area (Å²) in [6, 6.07) is 1.89. The predicted molar refractivity (Wildman–Crippen MR) is 81.0 cm³/mol. The van der Waals surface area contributed by atoms with Gasteiger partial charge in [-0.2, -0.15) is 0 Å². The third-order valence-corrected chi connectivity index (χ3v) is 4.05. The van der Waals surface area contributed by atoms with Crippen molar-refractivity contribution in [3.8, 4) is 0 Å². The molecule has 1 saturated carbocycles. The summed E-state index contributed by atoms with van der Waals surface area (Å²) in [6.07, 6.45) is 1.68. The van der Waals surface area contributed by atoms with Gasteiger partial charge in [-0.25, -0.2) is 13.6 Å². The van der Waals surface area contributed by atoms with E-state index in [0.717, 1.165) is 12.1 Å². The Morgan fingerprint density at radius 3 is 2.54 bits per heavy atom. The Kier molecular flexibility index (Phi) is 6.00. The molecule has 0 aliphatic heterocycles. The molecule has 2 rings (SSSR count). The number of esters is 1. The second kappa shape index (κ2) is 7.99. The topological polar surface area (TPSA) is 72.5 Å². The van der Waals surface area contributed by atoms with Gasteiger partial charge in [0.25, 0.3) is 0 Å². The summed E-state index contributed by atoms with van der Waals surface area (Å²) in [4.78, 5) is 35.7. The smallest absolute Gasteiger partial charge is 0.328 e. The SMILES string of the molecule is COC(=O)[C@@H](NC(=O)Cc1cc(F)cc(F)c1)[C@H]1CCCC(=O)C1. The Morgan fingerprint density at radius 1 is 1.29 bits per heavy atom. The summed E-state index contributed by atoms with van der Waals surface area (Å²) >= 11 is 0. The summed E-state index contributed by atoms with van der Waals surface area (Å²) in [6.45, 7) is 0. The van der Waals surface area contributed by atoms with E-state index < -0.39 is 29.6 Å². The zero-order valence-corrected chi connectivity index (χ0v) is 13.3. The predicted octanol–water partition coefficient (Wildman–Crippen LogP) is 1.92. The summed E-state index contributed by atoms with van der Waals surface area (Å²) in [5, 5.41) is 2.53. The number of ether oxygens (including phenoxy) is 1. The van der Waals surface area contributed by atoms with Gasteiger partial charge in [-0.05, 0) is 36.5 Å². The average Bonchev–Trinajstić information content (AvgIpc) is 2.50. The fourth-order valence-electron chi connectivity index (χ4n) is 2.96. The number of halogens is 2. The van der Waals surface area contributed by atoms with Crippen molar-refractivity contribution in [2.24, 2.45) is 5.92 Å². The van der Waals surface area contributed by atoms with Crippen molar-refractivity contribution in [1.29, 1.82) is 0 Å². The lowest BCUT2D eigenvalue weighted by Crippen LogP contribution is -2.48. The van der Waals surface area contributed by atoms with Gasteiger partial charge in [0, 0.05) is 18.9 Å². The molecule has 2 atom stereocenters. The summed E-state index contributed by atoms with van der Waals surface area (Å²) in [7, 11) is 1.20. The average molecular weight is 339 g/mol. The van der Waals surface area contributed by atoms with E-state index >= 15 is 0 Å². The molecule has 5 nitrogen and oxygen atoms in total. The van der Waals surface area contributed by atoms with E-state index in [2.05, 4.69) is 5.32 Å². The van der Waals surface area contributed by atoms with Crippen molar-refractivity contribution >= 4 is 17.7 Å². The highest BCUT2D eigenvalue weighted by atomic mass is 19.1. The number of hydrogen-bond acceptors (Lipinski definition) is 4. The normalized spacial score (nSPS) is 18.8.